The molecule has 7 heteroatoms. The molecule has 27 heavy (non-hydrogen) atoms. The average molecular weight is 376 g/mol. The quantitative estimate of drug-likeness (QED) is 0.519. The van der Waals surface area contributed by atoms with Crippen molar-refractivity contribution in [3.63, 3.8) is 0 Å². The van der Waals surface area contributed by atoms with Crippen LogP contribution in [0.4, 0.5) is 16.9 Å². The van der Waals surface area contributed by atoms with Gasteiger partial charge in [0.05, 0.1) is 5.52 Å². The van der Waals surface area contributed by atoms with E-state index in [0.717, 1.165) is 47.3 Å². The van der Waals surface area contributed by atoms with E-state index in [2.05, 4.69) is 50.8 Å². The molecule has 0 unspecified atom stereocenters. The maximum absolute atomic E-state index is 4.80. The van der Waals surface area contributed by atoms with Crippen LogP contribution in [0.5, 0.6) is 0 Å². The van der Waals surface area contributed by atoms with Gasteiger partial charge in [0, 0.05) is 30.0 Å². The summed E-state index contributed by atoms with van der Waals surface area (Å²) in [6, 6.07) is 18.5. The highest BCUT2D eigenvalue weighted by molar-refractivity contribution is 7.09. The number of fused-ring (bicyclic) bond motifs is 1. The Morgan fingerprint density at radius 3 is 2.59 bits per heavy atom. The number of hydrogen-bond acceptors (Lipinski definition) is 7. The smallest absolute Gasteiger partial charge is 0.227 e. The molecule has 0 saturated carbocycles. The van der Waals surface area contributed by atoms with E-state index < -0.39 is 0 Å². The van der Waals surface area contributed by atoms with Crippen molar-refractivity contribution in [1.82, 2.24) is 19.3 Å². The summed E-state index contributed by atoms with van der Waals surface area (Å²) in [7, 11) is 0. The summed E-state index contributed by atoms with van der Waals surface area (Å²) in [5.74, 6) is 1.48. The van der Waals surface area contributed by atoms with Crippen LogP contribution in [-0.4, -0.2) is 32.4 Å². The van der Waals surface area contributed by atoms with Crippen molar-refractivity contribution in [2.75, 3.05) is 23.3 Å². The van der Waals surface area contributed by atoms with Crippen LogP contribution >= 0.6 is 11.5 Å². The summed E-state index contributed by atoms with van der Waals surface area (Å²) in [5.41, 5.74) is 2.22. The molecule has 4 rings (SSSR count). The minimum atomic E-state index is 0.720. The molecule has 0 amide bonds. The fourth-order valence-corrected chi connectivity index (χ4v) is 3.37. The first kappa shape index (κ1) is 17.4. The van der Waals surface area contributed by atoms with Crippen molar-refractivity contribution in [2.24, 2.45) is 0 Å². The molecule has 2 heterocycles. The van der Waals surface area contributed by atoms with Crippen LogP contribution in [-0.2, 0) is 6.42 Å². The van der Waals surface area contributed by atoms with Gasteiger partial charge in [0.2, 0.25) is 11.1 Å². The predicted octanol–water partition coefficient (Wildman–Crippen LogP) is 4.29. The van der Waals surface area contributed by atoms with Crippen LogP contribution in [0.15, 0.2) is 60.9 Å². The van der Waals surface area contributed by atoms with E-state index in [0.29, 0.717) is 0 Å². The molecule has 1 N–H and O–H groups in total. The normalized spacial score (nSPS) is 10.9. The van der Waals surface area contributed by atoms with Crippen LogP contribution in [0.25, 0.3) is 10.9 Å². The van der Waals surface area contributed by atoms with Gasteiger partial charge in [0.25, 0.3) is 0 Å². The third kappa shape index (κ3) is 4.03. The molecule has 0 fully saturated rings. The lowest BCUT2D eigenvalue weighted by atomic mass is 10.1. The SMILES string of the molecule is CCN(CCc1ccccc1)c1nc(Nc2ncns2)c2ccccc2n1. The summed E-state index contributed by atoms with van der Waals surface area (Å²) < 4.78 is 4.05. The highest BCUT2D eigenvalue weighted by atomic mass is 32.1. The molecule has 0 aliphatic heterocycles. The van der Waals surface area contributed by atoms with E-state index in [-0.39, 0.29) is 0 Å². The summed E-state index contributed by atoms with van der Waals surface area (Å²) in [6.07, 6.45) is 2.49. The Kier molecular flexibility index (Phi) is 5.20. The van der Waals surface area contributed by atoms with Crippen LogP contribution in [0.3, 0.4) is 0 Å². The third-order valence-corrected chi connectivity index (χ3v) is 4.94. The van der Waals surface area contributed by atoms with E-state index in [1.165, 1.54) is 23.4 Å². The van der Waals surface area contributed by atoms with E-state index in [4.69, 9.17) is 9.97 Å². The van der Waals surface area contributed by atoms with E-state index in [1.807, 2.05) is 30.3 Å². The molecule has 0 radical (unpaired) electrons. The molecule has 4 aromatic rings. The Bertz CT molecular complexity index is 1000. The maximum atomic E-state index is 4.80. The Labute approximate surface area is 162 Å². The third-order valence-electron chi connectivity index (χ3n) is 4.36. The molecule has 136 valence electrons. The Hall–Kier alpha value is -3.06. The number of para-hydroxylation sites is 1. The minimum Gasteiger partial charge on any atom is -0.341 e. The lowest BCUT2D eigenvalue weighted by Crippen LogP contribution is -2.27. The number of nitrogens with zero attached hydrogens (tertiary/aromatic N) is 5. The van der Waals surface area contributed by atoms with Crippen molar-refractivity contribution < 1.29 is 0 Å². The monoisotopic (exact) mass is 376 g/mol. The second-order valence-electron chi connectivity index (χ2n) is 6.08. The first-order valence-electron chi connectivity index (χ1n) is 8.93. The standard InChI is InChI=1S/C20H20N6S/c1-2-26(13-12-15-8-4-3-5-9-15)19-23-17-11-7-6-10-16(17)18(24-19)25-20-21-14-22-27-20/h3-11,14H,2,12-13H2,1H3,(H,21,22,23,24,25). The van der Waals surface area contributed by atoms with Gasteiger partial charge in [-0.3, -0.25) is 0 Å². The number of aromatic nitrogens is 4. The van der Waals surface area contributed by atoms with Gasteiger partial charge < -0.3 is 10.2 Å². The first-order valence-corrected chi connectivity index (χ1v) is 9.70. The van der Waals surface area contributed by atoms with Crippen molar-refractivity contribution in [2.45, 2.75) is 13.3 Å². The molecule has 0 aliphatic rings. The molecular formula is C20H20N6S. The van der Waals surface area contributed by atoms with Crippen molar-refractivity contribution in [3.05, 3.63) is 66.5 Å². The number of rotatable bonds is 7. The molecule has 2 aromatic heterocycles. The van der Waals surface area contributed by atoms with Crippen LogP contribution in [0, 0.1) is 0 Å². The number of likely N-dealkylation sites (N-methyl/N-ethyl adjacent to an activating group) is 1. The molecule has 0 aliphatic carbocycles. The summed E-state index contributed by atoms with van der Waals surface area (Å²) in [6.45, 7) is 3.82. The second-order valence-corrected chi connectivity index (χ2v) is 6.86. The topological polar surface area (TPSA) is 66.8 Å². The predicted molar refractivity (Wildman–Crippen MR) is 111 cm³/mol. The average Bonchev–Trinajstić information content (AvgIpc) is 3.22. The fourth-order valence-electron chi connectivity index (χ4n) is 2.94. The van der Waals surface area contributed by atoms with Crippen molar-refractivity contribution >= 4 is 39.3 Å². The van der Waals surface area contributed by atoms with Gasteiger partial charge in [-0.1, -0.05) is 42.5 Å². The summed E-state index contributed by atoms with van der Waals surface area (Å²) in [5, 5.41) is 4.97. The first-order chi connectivity index (χ1) is 13.3. The van der Waals surface area contributed by atoms with Crippen LogP contribution in [0.2, 0.25) is 0 Å². The lowest BCUT2D eigenvalue weighted by Gasteiger charge is -2.22. The zero-order valence-corrected chi connectivity index (χ0v) is 15.9. The van der Waals surface area contributed by atoms with Crippen molar-refractivity contribution in [1.29, 1.82) is 0 Å². The molecule has 6 nitrogen and oxygen atoms in total. The zero-order valence-electron chi connectivity index (χ0n) is 15.0. The number of anilines is 3. The van der Waals surface area contributed by atoms with Gasteiger partial charge in [0.1, 0.15) is 12.1 Å². The molecule has 0 atom stereocenters. The summed E-state index contributed by atoms with van der Waals surface area (Å²) >= 11 is 1.31. The minimum absolute atomic E-state index is 0.720. The molecule has 0 saturated heterocycles. The lowest BCUT2D eigenvalue weighted by molar-refractivity contribution is 0.780. The Morgan fingerprint density at radius 2 is 1.81 bits per heavy atom. The molecule has 0 spiro atoms. The van der Waals surface area contributed by atoms with E-state index >= 15 is 0 Å². The Morgan fingerprint density at radius 1 is 1.00 bits per heavy atom. The zero-order chi connectivity index (χ0) is 18.5. The van der Waals surface area contributed by atoms with Crippen molar-refractivity contribution in [3.8, 4) is 0 Å². The van der Waals surface area contributed by atoms with Gasteiger partial charge in [0.15, 0.2) is 0 Å². The van der Waals surface area contributed by atoms with Gasteiger partial charge >= 0.3 is 0 Å². The highest BCUT2D eigenvalue weighted by Crippen LogP contribution is 2.26. The fraction of sp³-hybridized carbons (Fsp3) is 0.200. The van der Waals surface area contributed by atoms with E-state index in [1.54, 1.807) is 0 Å². The van der Waals surface area contributed by atoms with E-state index in [9.17, 15) is 0 Å². The van der Waals surface area contributed by atoms with Crippen LogP contribution in [0.1, 0.15) is 12.5 Å². The molecule has 2 aromatic carbocycles. The summed E-state index contributed by atoms with van der Waals surface area (Å²) in [4.78, 5) is 16.0. The van der Waals surface area contributed by atoms with Gasteiger partial charge in [-0.05, 0) is 31.0 Å². The molecule has 0 bridgehead atoms. The van der Waals surface area contributed by atoms with Crippen LogP contribution < -0.4 is 10.2 Å². The number of benzene rings is 2. The Balaban J connectivity index is 1.65. The van der Waals surface area contributed by atoms with Gasteiger partial charge in [-0.15, -0.1) is 0 Å². The number of hydrogen-bond donors (Lipinski definition) is 1. The molecular weight excluding hydrogens is 356 g/mol. The number of nitrogens with one attached hydrogen (secondary N) is 1. The highest BCUT2D eigenvalue weighted by Gasteiger charge is 2.13. The second kappa shape index (κ2) is 8.09. The largest absolute Gasteiger partial charge is 0.341 e. The van der Waals surface area contributed by atoms with Gasteiger partial charge in [-0.25, -0.2) is 9.97 Å². The van der Waals surface area contributed by atoms with Gasteiger partial charge in [-0.2, -0.15) is 9.36 Å². The maximum Gasteiger partial charge on any atom is 0.227 e.